The number of hydrogen-bond donors (Lipinski definition) is 2. The zero-order valence-electron chi connectivity index (χ0n) is 16.5. The summed E-state index contributed by atoms with van der Waals surface area (Å²) >= 11 is 0.439. The first-order valence-corrected chi connectivity index (χ1v) is 9.96. The van der Waals surface area contributed by atoms with Gasteiger partial charge >= 0.3 is 6.18 Å². The number of rotatable bonds is 7. The summed E-state index contributed by atoms with van der Waals surface area (Å²) in [6, 6.07) is 6.35. The highest BCUT2D eigenvalue weighted by atomic mass is 32.1. The fourth-order valence-corrected chi connectivity index (χ4v) is 3.96. The Labute approximate surface area is 187 Å². The second kappa shape index (κ2) is 9.35. The molecule has 33 heavy (non-hydrogen) atoms. The van der Waals surface area contributed by atoms with Crippen LogP contribution in [0.3, 0.4) is 0 Å². The van der Waals surface area contributed by atoms with E-state index in [1.165, 1.54) is 12.1 Å². The maximum Gasteiger partial charge on any atom is 0.425 e. The lowest BCUT2D eigenvalue weighted by atomic mass is 9.89. The Morgan fingerprint density at radius 3 is 2.33 bits per heavy atom. The Morgan fingerprint density at radius 1 is 1.06 bits per heavy atom. The monoisotopic (exact) mass is 491 g/mol. The highest BCUT2D eigenvalue weighted by Crippen LogP contribution is 2.43. The van der Waals surface area contributed by atoms with E-state index < -0.39 is 52.3 Å². The van der Waals surface area contributed by atoms with Crippen molar-refractivity contribution in [2.75, 3.05) is 6.54 Å². The van der Waals surface area contributed by atoms with Crippen molar-refractivity contribution in [1.82, 2.24) is 9.99 Å². The van der Waals surface area contributed by atoms with Crippen molar-refractivity contribution < 1.29 is 30.7 Å². The van der Waals surface area contributed by atoms with Crippen molar-refractivity contribution in [3.63, 3.8) is 0 Å². The minimum Gasteiger partial charge on any atom is -0.322 e. The fourth-order valence-electron chi connectivity index (χ4n) is 3.10. The van der Waals surface area contributed by atoms with Crippen LogP contribution in [0.25, 0.3) is 10.4 Å². The molecule has 13 heteroatoms. The predicted octanol–water partition coefficient (Wildman–Crippen LogP) is 5.06. The number of aromatic nitrogens is 1. The number of hydrazine groups is 1. The average molecular weight is 491 g/mol. The second-order valence-electron chi connectivity index (χ2n) is 6.90. The lowest BCUT2D eigenvalue weighted by Crippen LogP contribution is -2.40. The molecule has 4 N–H and O–H groups in total. The summed E-state index contributed by atoms with van der Waals surface area (Å²) in [7, 11) is 0. The van der Waals surface area contributed by atoms with Gasteiger partial charge < -0.3 is 5.84 Å². The predicted molar refractivity (Wildman–Crippen MR) is 109 cm³/mol. The average Bonchev–Trinajstić information content (AvgIpc) is 3.24. The molecule has 2 heterocycles. The first kappa shape index (κ1) is 24.5. The van der Waals surface area contributed by atoms with Crippen LogP contribution in [0, 0.1) is 11.6 Å². The molecule has 0 aliphatic rings. The van der Waals surface area contributed by atoms with Crippen molar-refractivity contribution in [3.05, 3.63) is 76.4 Å². The molecular weight excluding hydrogens is 475 g/mol. The van der Waals surface area contributed by atoms with Crippen LogP contribution >= 0.6 is 11.3 Å². The van der Waals surface area contributed by atoms with Crippen LogP contribution in [-0.4, -0.2) is 22.9 Å². The minimum absolute atomic E-state index is 0.179. The zero-order valence-corrected chi connectivity index (χ0v) is 17.3. The van der Waals surface area contributed by atoms with E-state index in [2.05, 4.69) is 10.1 Å². The molecule has 0 aliphatic heterocycles. The van der Waals surface area contributed by atoms with E-state index in [9.17, 15) is 22.0 Å². The number of alkyl halides is 5. The van der Waals surface area contributed by atoms with Gasteiger partial charge in [-0.2, -0.15) is 27.1 Å². The summed E-state index contributed by atoms with van der Waals surface area (Å²) in [5.41, 5.74) is -1.12. The Balaban J connectivity index is 1.97. The van der Waals surface area contributed by atoms with Crippen LogP contribution in [-0.2, 0) is 12.1 Å². The van der Waals surface area contributed by atoms with E-state index in [0.717, 1.165) is 36.8 Å². The first-order valence-electron chi connectivity index (χ1n) is 9.15. The number of benzene rings is 1. The SMILES string of the molecule is N/N=C\N(N)CC(c1ccc(F)cc1F)C(F)(F)c1ccc(-c2ccc(C(F)(F)F)s2)cn1. The molecule has 176 valence electrons. The number of pyridine rings is 1. The van der Waals surface area contributed by atoms with Gasteiger partial charge in [0.2, 0.25) is 0 Å². The van der Waals surface area contributed by atoms with Gasteiger partial charge in [-0.15, -0.1) is 11.3 Å². The third-order valence-electron chi connectivity index (χ3n) is 4.66. The summed E-state index contributed by atoms with van der Waals surface area (Å²) in [5.74, 6) is 2.63. The van der Waals surface area contributed by atoms with Gasteiger partial charge in [-0.1, -0.05) is 6.07 Å². The number of hydrazone groups is 1. The molecule has 0 saturated heterocycles. The Hall–Kier alpha value is -3.19. The number of nitrogens with two attached hydrogens (primary N) is 2. The van der Waals surface area contributed by atoms with Crippen molar-refractivity contribution in [2.45, 2.75) is 18.0 Å². The number of halogens is 7. The summed E-state index contributed by atoms with van der Waals surface area (Å²) in [6.07, 6.45) is -2.69. The van der Waals surface area contributed by atoms with Gasteiger partial charge in [0.1, 0.15) is 28.5 Å². The molecule has 0 bridgehead atoms. The van der Waals surface area contributed by atoms with Crippen LogP contribution in [0.5, 0.6) is 0 Å². The molecule has 1 atom stereocenters. The summed E-state index contributed by atoms with van der Waals surface area (Å²) < 4.78 is 97.0. The normalized spacial score (nSPS) is 13.5. The van der Waals surface area contributed by atoms with Crippen molar-refractivity contribution in [2.24, 2.45) is 16.8 Å². The Morgan fingerprint density at radius 2 is 1.79 bits per heavy atom. The minimum atomic E-state index is -4.53. The van der Waals surface area contributed by atoms with E-state index in [1.54, 1.807) is 0 Å². The Kier molecular flexibility index (Phi) is 6.93. The van der Waals surface area contributed by atoms with Crippen LogP contribution in [0.2, 0.25) is 0 Å². The summed E-state index contributed by atoms with van der Waals surface area (Å²) in [5, 5.41) is 3.83. The second-order valence-corrected chi connectivity index (χ2v) is 7.98. The standard InChI is InChI=1S/C20H16F7N5S/c21-12-2-3-13(15(22)7-12)14(9-32(29)10-31-28)19(23,24)17-5-1-11(8-30-17)16-4-6-18(33-16)20(25,26)27/h1-8,10,14H,9,28-29H2/b31-10-. The quantitative estimate of drug-likeness (QED) is 0.159. The molecule has 0 radical (unpaired) electrons. The molecule has 0 aliphatic carbocycles. The molecule has 2 aromatic heterocycles. The molecule has 0 fully saturated rings. The molecule has 0 saturated carbocycles. The first-order chi connectivity index (χ1) is 15.4. The van der Waals surface area contributed by atoms with Crippen molar-refractivity contribution in [3.8, 4) is 10.4 Å². The molecule has 3 aromatic rings. The third-order valence-corrected chi connectivity index (χ3v) is 5.84. The van der Waals surface area contributed by atoms with Gasteiger partial charge in [0.15, 0.2) is 0 Å². The highest BCUT2D eigenvalue weighted by molar-refractivity contribution is 7.15. The molecule has 3 rings (SSSR count). The van der Waals surface area contributed by atoms with Gasteiger partial charge in [-0.25, -0.2) is 14.6 Å². The van der Waals surface area contributed by atoms with Crippen molar-refractivity contribution in [1.29, 1.82) is 0 Å². The van der Waals surface area contributed by atoms with Crippen LogP contribution in [0.1, 0.15) is 22.1 Å². The van der Waals surface area contributed by atoms with Crippen molar-refractivity contribution >= 4 is 17.7 Å². The van der Waals surface area contributed by atoms with Crippen LogP contribution < -0.4 is 11.7 Å². The Bertz CT molecular complexity index is 1130. The number of nitrogens with zero attached hydrogens (tertiary/aromatic N) is 3. The summed E-state index contributed by atoms with van der Waals surface area (Å²) in [4.78, 5) is 3.04. The highest BCUT2D eigenvalue weighted by Gasteiger charge is 2.45. The topological polar surface area (TPSA) is 80.5 Å². The zero-order chi connectivity index (χ0) is 24.4. The van der Waals surface area contributed by atoms with Gasteiger partial charge in [0, 0.05) is 29.2 Å². The van der Waals surface area contributed by atoms with E-state index in [4.69, 9.17) is 11.7 Å². The van der Waals surface area contributed by atoms with Gasteiger partial charge in [-0.3, -0.25) is 9.99 Å². The number of thiophene rings is 1. The maximum atomic E-state index is 15.5. The molecule has 0 amide bonds. The molecule has 5 nitrogen and oxygen atoms in total. The van der Waals surface area contributed by atoms with E-state index in [0.29, 0.717) is 22.4 Å². The van der Waals surface area contributed by atoms with Gasteiger partial charge in [0.25, 0.3) is 5.92 Å². The lowest BCUT2D eigenvalue weighted by molar-refractivity contribution is -0.134. The molecule has 0 spiro atoms. The third kappa shape index (κ3) is 5.42. The van der Waals surface area contributed by atoms with Crippen LogP contribution in [0.15, 0.2) is 53.8 Å². The van der Waals surface area contributed by atoms with E-state index in [-0.39, 0.29) is 10.4 Å². The molecule has 1 aromatic carbocycles. The largest absolute Gasteiger partial charge is 0.425 e. The lowest BCUT2D eigenvalue weighted by Gasteiger charge is -2.29. The summed E-state index contributed by atoms with van der Waals surface area (Å²) in [6.45, 7) is -0.667. The number of hydrogen-bond acceptors (Lipinski definition) is 5. The van der Waals surface area contributed by atoms with E-state index in [1.807, 2.05) is 0 Å². The fraction of sp³-hybridized carbons (Fsp3) is 0.200. The van der Waals surface area contributed by atoms with Crippen LogP contribution in [0.4, 0.5) is 30.7 Å². The van der Waals surface area contributed by atoms with E-state index >= 15 is 8.78 Å². The maximum absolute atomic E-state index is 15.5. The smallest absolute Gasteiger partial charge is 0.322 e. The van der Waals surface area contributed by atoms with Gasteiger partial charge in [-0.05, 0) is 35.9 Å². The molecular formula is C20H16F7N5S. The molecule has 1 unspecified atom stereocenters. The van der Waals surface area contributed by atoms with Gasteiger partial charge in [0.05, 0.1) is 5.92 Å².